The predicted octanol–water partition coefficient (Wildman–Crippen LogP) is 16.4. The van der Waals surface area contributed by atoms with Gasteiger partial charge in [-0.2, -0.15) is 0 Å². The summed E-state index contributed by atoms with van der Waals surface area (Å²) in [4.78, 5) is 10.7. The molecule has 0 saturated carbocycles. The van der Waals surface area contributed by atoms with Gasteiger partial charge in [-0.05, 0) is 121 Å². The van der Waals surface area contributed by atoms with Gasteiger partial charge in [-0.1, -0.05) is 178 Å². The normalized spacial score (nSPS) is 12.7. The van der Waals surface area contributed by atoms with Gasteiger partial charge >= 0.3 is 0 Å². The molecule has 0 saturated heterocycles. The summed E-state index contributed by atoms with van der Waals surface area (Å²) in [5.74, 6) is 0.678. The lowest BCUT2D eigenvalue weighted by atomic mass is 9.82. The Morgan fingerprint density at radius 1 is 0.312 bits per heavy atom. The van der Waals surface area contributed by atoms with Crippen LogP contribution in [0.1, 0.15) is 25.0 Å². The van der Waals surface area contributed by atoms with Crippen LogP contribution in [-0.4, -0.2) is 9.97 Å². The van der Waals surface area contributed by atoms with Crippen LogP contribution in [0.2, 0.25) is 0 Å². The van der Waals surface area contributed by atoms with Gasteiger partial charge in [0.25, 0.3) is 0 Å². The van der Waals surface area contributed by atoms with Gasteiger partial charge in [0, 0.05) is 32.9 Å². The van der Waals surface area contributed by atoms with Crippen molar-refractivity contribution in [2.45, 2.75) is 19.3 Å². The number of nitrogens with zero attached hydrogens (tertiary/aromatic N) is 2. The van der Waals surface area contributed by atoms with E-state index in [1.54, 1.807) is 0 Å². The van der Waals surface area contributed by atoms with Crippen molar-refractivity contribution >= 4 is 21.9 Å². The molecule has 2 aromatic heterocycles. The number of aromatic nitrogens is 2. The van der Waals surface area contributed by atoms with Crippen LogP contribution < -0.4 is 0 Å². The number of rotatable bonds is 7. The number of benzene rings is 9. The molecule has 1 aliphatic carbocycles. The fourth-order valence-corrected chi connectivity index (χ4v) is 9.82. The van der Waals surface area contributed by atoms with E-state index in [9.17, 15) is 0 Å². The van der Waals surface area contributed by atoms with Crippen LogP contribution in [0, 0.1) is 0 Å². The van der Waals surface area contributed by atoms with E-state index in [4.69, 9.17) is 14.4 Å². The van der Waals surface area contributed by atoms with Crippen LogP contribution in [0.4, 0.5) is 0 Å². The number of hydrogen-bond donors (Lipinski definition) is 0. The topological polar surface area (TPSA) is 38.9 Å². The maximum absolute atomic E-state index is 6.27. The molecule has 9 aromatic carbocycles. The zero-order valence-electron chi connectivity index (χ0n) is 35.6. The molecule has 0 amide bonds. The highest BCUT2D eigenvalue weighted by Crippen LogP contribution is 2.50. The van der Waals surface area contributed by atoms with Crippen molar-refractivity contribution in [3.63, 3.8) is 0 Å². The third-order valence-electron chi connectivity index (χ3n) is 13.1. The molecule has 0 spiro atoms. The summed E-state index contributed by atoms with van der Waals surface area (Å²) in [7, 11) is 0. The third kappa shape index (κ3) is 6.44. The van der Waals surface area contributed by atoms with Crippen LogP contribution in [0.25, 0.3) is 111 Å². The van der Waals surface area contributed by atoms with E-state index in [1.165, 1.54) is 33.4 Å². The van der Waals surface area contributed by atoms with Crippen molar-refractivity contribution in [3.05, 3.63) is 230 Å². The van der Waals surface area contributed by atoms with E-state index < -0.39 is 0 Å². The Hall–Kier alpha value is -8.14. The number of furan rings is 1. The molecule has 12 rings (SSSR count). The van der Waals surface area contributed by atoms with Gasteiger partial charge in [-0.25, -0.2) is 9.97 Å². The SMILES string of the molecule is CC1(C)c2ccccc2-c2cc(-c3ccccc3-c3cc(-c4cc(-c5cccc(-c6ccccc6)c5)cc(-c5ccc6oc7ccccc7c6c5)c4)nc(-c4ccccc4)n3)ccc21. The Bertz CT molecular complexity index is 3580. The molecule has 0 atom stereocenters. The van der Waals surface area contributed by atoms with Crippen molar-refractivity contribution in [3.8, 4) is 89.5 Å². The average Bonchev–Trinajstić information content (AvgIpc) is 3.85. The zero-order chi connectivity index (χ0) is 42.8. The Labute approximate surface area is 373 Å². The molecule has 64 heavy (non-hydrogen) atoms. The van der Waals surface area contributed by atoms with Crippen LogP contribution >= 0.6 is 0 Å². The summed E-state index contributed by atoms with van der Waals surface area (Å²) >= 11 is 0. The first kappa shape index (κ1) is 37.6. The van der Waals surface area contributed by atoms with Crippen molar-refractivity contribution in [1.82, 2.24) is 9.97 Å². The first-order valence-electron chi connectivity index (χ1n) is 22.0. The molecule has 0 radical (unpaired) electrons. The first-order chi connectivity index (χ1) is 31.4. The molecule has 3 heteroatoms. The Morgan fingerprint density at radius 2 is 0.859 bits per heavy atom. The largest absolute Gasteiger partial charge is 0.456 e. The van der Waals surface area contributed by atoms with E-state index in [0.29, 0.717) is 5.82 Å². The second kappa shape index (κ2) is 15.0. The standard InChI is InChI=1S/C61H42N2O/c1-61(2)54-26-13-11-23-49(54)52-37-44(28-30-55(52)61)48-22-9-10-24-50(48)57-38-56(62-60(63-57)40-18-7-4-8-19-40)47-34-45(42-21-15-20-41(32-42)39-16-5-3-6-17-39)33-46(35-47)43-29-31-59-53(36-43)51-25-12-14-27-58(51)64-59/h3-38H,1-2H3. The van der Waals surface area contributed by atoms with Crippen LogP contribution in [-0.2, 0) is 5.41 Å². The smallest absolute Gasteiger partial charge is 0.160 e. The average molecular weight is 819 g/mol. The fraction of sp³-hybridized carbons (Fsp3) is 0.0492. The van der Waals surface area contributed by atoms with Crippen molar-refractivity contribution in [2.75, 3.05) is 0 Å². The fourth-order valence-electron chi connectivity index (χ4n) is 9.82. The second-order valence-corrected chi connectivity index (χ2v) is 17.4. The van der Waals surface area contributed by atoms with E-state index in [-0.39, 0.29) is 5.41 Å². The number of hydrogen-bond acceptors (Lipinski definition) is 3. The van der Waals surface area contributed by atoms with E-state index >= 15 is 0 Å². The molecule has 0 N–H and O–H groups in total. The summed E-state index contributed by atoms with van der Waals surface area (Å²) in [5, 5.41) is 2.20. The van der Waals surface area contributed by atoms with Crippen molar-refractivity contribution < 1.29 is 4.42 Å². The maximum atomic E-state index is 6.27. The molecule has 3 nitrogen and oxygen atoms in total. The zero-order valence-corrected chi connectivity index (χ0v) is 35.6. The van der Waals surface area contributed by atoms with E-state index in [2.05, 4.69) is 214 Å². The monoisotopic (exact) mass is 818 g/mol. The summed E-state index contributed by atoms with van der Waals surface area (Å²) in [6.07, 6.45) is 0. The maximum Gasteiger partial charge on any atom is 0.160 e. The van der Waals surface area contributed by atoms with Gasteiger partial charge in [0.2, 0.25) is 0 Å². The lowest BCUT2D eigenvalue weighted by Gasteiger charge is -2.21. The highest BCUT2D eigenvalue weighted by atomic mass is 16.3. The summed E-state index contributed by atoms with van der Waals surface area (Å²) in [6.45, 7) is 4.66. The van der Waals surface area contributed by atoms with E-state index in [1.807, 2.05) is 18.2 Å². The molecule has 0 unspecified atom stereocenters. The minimum Gasteiger partial charge on any atom is -0.456 e. The molecule has 1 aliphatic rings. The van der Waals surface area contributed by atoms with Gasteiger partial charge in [-0.3, -0.25) is 0 Å². The molecular formula is C61H42N2O. The number of fused-ring (bicyclic) bond motifs is 6. The Kier molecular flexibility index (Phi) is 8.84. The highest BCUT2D eigenvalue weighted by Gasteiger charge is 2.35. The van der Waals surface area contributed by atoms with Gasteiger partial charge in [0.1, 0.15) is 11.2 Å². The molecule has 0 bridgehead atoms. The van der Waals surface area contributed by atoms with Gasteiger partial charge < -0.3 is 4.42 Å². The minimum atomic E-state index is -0.0650. The number of para-hydroxylation sites is 1. The molecule has 2 heterocycles. The highest BCUT2D eigenvalue weighted by molar-refractivity contribution is 6.06. The van der Waals surface area contributed by atoms with E-state index in [0.717, 1.165) is 83.4 Å². The first-order valence-corrected chi connectivity index (χ1v) is 22.0. The lowest BCUT2D eigenvalue weighted by molar-refractivity contribution is 0.660. The molecule has 0 aliphatic heterocycles. The van der Waals surface area contributed by atoms with Crippen LogP contribution in [0.3, 0.4) is 0 Å². The summed E-state index contributed by atoms with van der Waals surface area (Å²) < 4.78 is 6.27. The van der Waals surface area contributed by atoms with Gasteiger partial charge in [0.05, 0.1) is 11.4 Å². The molecule has 302 valence electrons. The quantitative estimate of drug-likeness (QED) is 0.161. The second-order valence-electron chi connectivity index (χ2n) is 17.4. The Morgan fingerprint density at radius 3 is 1.66 bits per heavy atom. The molecule has 0 fully saturated rings. The Balaban J connectivity index is 1.06. The van der Waals surface area contributed by atoms with Gasteiger partial charge in [0.15, 0.2) is 5.82 Å². The lowest BCUT2D eigenvalue weighted by Crippen LogP contribution is -2.14. The van der Waals surface area contributed by atoms with Crippen molar-refractivity contribution in [1.29, 1.82) is 0 Å². The summed E-state index contributed by atoms with van der Waals surface area (Å²) in [6, 6.07) is 78.0. The van der Waals surface area contributed by atoms with Crippen molar-refractivity contribution in [2.24, 2.45) is 0 Å². The predicted molar refractivity (Wildman–Crippen MR) is 265 cm³/mol. The minimum absolute atomic E-state index is 0.0650. The third-order valence-corrected chi connectivity index (χ3v) is 13.1. The van der Waals surface area contributed by atoms with Gasteiger partial charge in [-0.15, -0.1) is 0 Å². The van der Waals surface area contributed by atoms with Crippen LogP contribution in [0.5, 0.6) is 0 Å². The molecule has 11 aromatic rings. The summed E-state index contributed by atoms with van der Waals surface area (Å²) in [5.41, 5.74) is 20.8. The molecular weight excluding hydrogens is 777 g/mol. The van der Waals surface area contributed by atoms with Crippen LogP contribution in [0.15, 0.2) is 223 Å².